The summed E-state index contributed by atoms with van der Waals surface area (Å²) in [5, 5.41) is 12.5. The molecule has 0 aromatic rings. The van der Waals surface area contributed by atoms with E-state index < -0.39 is 11.5 Å². The lowest BCUT2D eigenvalue weighted by molar-refractivity contribution is -0.175. The van der Waals surface area contributed by atoms with Crippen molar-refractivity contribution >= 4 is 5.97 Å². The molecule has 0 aliphatic carbocycles. The maximum Gasteiger partial charge on any atom is 0.324 e. The Hall–Kier alpha value is -0.610. The Kier molecular flexibility index (Phi) is 47.0. The van der Waals surface area contributed by atoms with Crippen LogP contribution in [0.1, 0.15) is 343 Å². The zero-order chi connectivity index (χ0) is 47.1. The first-order valence-electron chi connectivity index (χ1n) is 30.1. The summed E-state index contributed by atoms with van der Waals surface area (Å²) in [6, 6.07) is 0. The Morgan fingerprint density at radius 3 is 0.938 bits per heavy atom. The maximum absolute atomic E-state index is 15.3. The van der Waals surface area contributed by atoms with E-state index in [9.17, 15) is 5.11 Å². The Balaban J connectivity index is 7.54. The largest absolute Gasteiger partial charge is 0.480 e. The molecule has 0 bridgehead atoms. The molecule has 0 heterocycles. The Labute approximate surface area is 404 Å². The van der Waals surface area contributed by atoms with E-state index in [2.05, 4.69) is 46.4 Å². The molecule has 0 saturated carbocycles. The summed E-state index contributed by atoms with van der Waals surface area (Å²) in [7, 11) is 0. The van der Waals surface area contributed by atoms with E-state index in [1.807, 2.05) is 0 Å². The summed E-state index contributed by atoms with van der Waals surface area (Å²) in [6.07, 6.45) is 58.9. The minimum atomic E-state index is -0.841. The first kappa shape index (κ1) is 63.4. The molecule has 0 aromatic carbocycles. The van der Waals surface area contributed by atoms with Crippen molar-refractivity contribution in [3.05, 3.63) is 0 Å². The van der Waals surface area contributed by atoms with E-state index >= 15 is 4.79 Å². The van der Waals surface area contributed by atoms with Gasteiger partial charge in [-0.25, -0.2) is 0 Å². The molecular formula is C60H122N2O2. The molecule has 4 heteroatoms. The van der Waals surface area contributed by atoms with Gasteiger partial charge in [0.25, 0.3) is 0 Å². The lowest BCUT2D eigenvalue weighted by Gasteiger charge is -2.58. The van der Waals surface area contributed by atoms with Gasteiger partial charge in [0.1, 0.15) is 5.54 Å². The number of carboxylic acids is 1. The van der Waals surface area contributed by atoms with Crippen LogP contribution in [0, 0.1) is 11.3 Å². The number of hydrogen-bond acceptors (Lipinski definition) is 3. The third-order valence-electron chi connectivity index (χ3n) is 15.8. The molecule has 4 nitrogen and oxygen atoms in total. The third kappa shape index (κ3) is 30.0. The van der Waals surface area contributed by atoms with Gasteiger partial charge in [0.2, 0.25) is 0 Å². The average Bonchev–Trinajstić information content (AvgIpc) is 3.29. The van der Waals surface area contributed by atoms with Crippen LogP contribution in [0.4, 0.5) is 0 Å². The molecule has 384 valence electrons. The number of carbonyl (C=O) groups is 1. The third-order valence-corrected chi connectivity index (χ3v) is 15.8. The molecule has 0 aromatic heterocycles. The molecule has 0 amide bonds. The van der Waals surface area contributed by atoms with Crippen molar-refractivity contribution in [2.24, 2.45) is 17.1 Å². The number of hydrogen-bond donors (Lipinski definition) is 2. The van der Waals surface area contributed by atoms with Gasteiger partial charge in [0.15, 0.2) is 0 Å². The highest BCUT2D eigenvalue weighted by molar-refractivity contribution is 5.80. The number of rotatable bonds is 54. The summed E-state index contributed by atoms with van der Waals surface area (Å²) in [5.41, 5.74) is 5.66. The van der Waals surface area contributed by atoms with Gasteiger partial charge < -0.3 is 10.8 Å². The number of carboxylic acid groups (broad SMARTS) is 1. The zero-order valence-corrected chi connectivity index (χ0v) is 45.3. The molecule has 0 aliphatic rings. The molecule has 2 atom stereocenters. The second-order valence-electron chi connectivity index (χ2n) is 21.3. The van der Waals surface area contributed by atoms with Gasteiger partial charge in [0.05, 0.1) is 0 Å². The van der Waals surface area contributed by atoms with E-state index in [4.69, 9.17) is 5.73 Å². The Bertz CT molecular complexity index is 903. The van der Waals surface area contributed by atoms with Gasteiger partial charge in [0, 0.05) is 5.41 Å². The molecule has 2 unspecified atom stereocenters. The van der Waals surface area contributed by atoms with Gasteiger partial charge >= 0.3 is 5.97 Å². The van der Waals surface area contributed by atoms with Crippen molar-refractivity contribution in [1.29, 1.82) is 0 Å². The molecule has 0 saturated heterocycles. The lowest BCUT2D eigenvalue weighted by Crippen LogP contribution is -2.67. The van der Waals surface area contributed by atoms with Crippen LogP contribution in [0.5, 0.6) is 0 Å². The second kappa shape index (κ2) is 47.5. The number of unbranched alkanes of at least 4 members (excludes halogenated alkanes) is 36. The smallest absolute Gasteiger partial charge is 0.324 e. The molecule has 64 heavy (non-hydrogen) atoms. The quantitative estimate of drug-likeness (QED) is 0.0597. The van der Waals surface area contributed by atoms with Crippen LogP contribution in [-0.4, -0.2) is 41.1 Å². The SMILES string of the molecule is CCCCCCCCCC(CCN)C(CCCCCCCCC)(CCCCCCCCC)C(CCCCCCCCC)(C(=O)O)N(CCCCCCCCC)CCCCCCCCC. The van der Waals surface area contributed by atoms with Gasteiger partial charge in [-0.1, -0.05) is 298 Å². The van der Waals surface area contributed by atoms with Crippen molar-refractivity contribution in [3.8, 4) is 0 Å². The fourth-order valence-corrected chi connectivity index (χ4v) is 11.9. The minimum absolute atomic E-state index is 0.266. The molecule has 0 radical (unpaired) electrons. The molecule has 0 rings (SSSR count). The standard InChI is InChI=1S/C60H122N2O2/c1-7-13-19-25-31-37-43-49-57(50-54-61)59(51-44-38-32-26-20-14-8-2,52-45-39-33-27-21-15-9-3)60(58(63)64,53-46-40-34-28-22-16-10-4)62(55-47-41-35-29-23-17-11-5)56-48-42-36-30-24-18-12-6/h57H,7-56,61H2,1-6H3,(H,63,64). The van der Waals surface area contributed by atoms with Crippen LogP contribution in [-0.2, 0) is 4.79 Å². The highest BCUT2D eigenvalue weighted by Crippen LogP contribution is 2.56. The van der Waals surface area contributed by atoms with Gasteiger partial charge in [-0.05, 0) is 70.5 Å². The Morgan fingerprint density at radius 1 is 0.375 bits per heavy atom. The predicted octanol–water partition coefficient (Wildman–Crippen LogP) is 20.1. The van der Waals surface area contributed by atoms with Crippen LogP contribution in [0.3, 0.4) is 0 Å². The van der Waals surface area contributed by atoms with Gasteiger partial charge in [-0.2, -0.15) is 0 Å². The first-order valence-corrected chi connectivity index (χ1v) is 30.1. The van der Waals surface area contributed by atoms with Crippen LogP contribution in [0.15, 0.2) is 0 Å². The van der Waals surface area contributed by atoms with E-state index in [-0.39, 0.29) is 5.41 Å². The van der Waals surface area contributed by atoms with Crippen LogP contribution >= 0.6 is 0 Å². The van der Waals surface area contributed by atoms with Crippen molar-refractivity contribution in [3.63, 3.8) is 0 Å². The van der Waals surface area contributed by atoms with Crippen LogP contribution in [0.25, 0.3) is 0 Å². The van der Waals surface area contributed by atoms with E-state index in [0.29, 0.717) is 12.5 Å². The average molecular weight is 904 g/mol. The van der Waals surface area contributed by atoms with Gasteiger partial charge in [-0.3, -0.25) is 9.69 Å². The molecule has 0 spiro atoms. The molecule has 0 fully saturated rings. The van der Waals surface area contributed by atoms with Crippen LogP contribution < -0.4 is 5.73 Å². The second-order valence-corrected chi connectivity index (χ2v) is 21.3. The summed E-state index contributed by atoms with van der Waals surface area (Å²) >= 11 is 0. The maximum atomic E-state index is 15.3. The van der Waals surface area contributed by atoms with Crippen LogP contribution in [0.2, 0.25) is 0 Å². The number of nitrogens with two attached hydrogens (primary N) is 1. The van der Waals surface area contributed by atoms with E-state index in [1.165, 1.54) is 250 Å². The molecule has 0 aliphatic heterocycles. The van der Waals surface area contributed by atoms with E-state index in [0.717, 1.165) is 64.5 Å². The minimum Gasteiger partial charge on any atom is -0.480 e. The van der Waals surface area contributed by atoms with Crippen molar-refractivity contribution in [2.75, 3.05) is 19.6 Å². The monoisotopic (exact) mass is 903 g/mol. The summed E-state index contributed by atoms with van der Waals surface area (Å²) in [4.78, 5) is 18.0. The topological polar surface area (TPSA) is 66.6 Å². The number of nitrogens with zero attached hydrogens (tertiary/aromatic N) is 1. The summed E-state index contributed by atoms with van der Waals surface area (Å²) < 4.78 is 0. The summed E-state index contributed by atoms with van der Waals surface area (Å²) in [5.74, 6) is -0.101. The number of aliphatic carboxylic acids is 1. The zero-order valence-electron chi connectivity index (χ0n) is 45.3. The van der Waals surface area contributed by atoms with Gasteiger partial charge in [-0.15, -0.1) is 0 Å². The first-order chi connectivity index (χ1) is 31.4. The Morgan fingerprint density at radius 2 is 0.641 bits per heavy atom. The predicted molar refractivity (Wildman–Crippen MR) is 288 cm³/mol. The lowest BCUT2D eigenvalue weighted by atomic mass is 9.53. The summed E-state index contributed by atoms with van der Waals surface area (Å²) in [6.45, 7) is 16.5. The van der Waals surface area contributed by atoms with E-state index in [1.54, 1.807) is 0 Å². The molecule has 3 N–H and O–H groups in total. The van der Waals surface area contributed by atoms with Crippen molar-refractivity contribution < 1.29 is 9.90 Å². The highest BCUT2D eigenvalue weighted by atomic mass is 16.4. The van der Waals surface area contributed by atoms with Crippen molar-refractivity contribution in [2.45, 2.75) is 349 Å². The molecular weight excluding hydrogens is 781 g/mol. The van der Waals surface area contributed by atoms with Crippen molar-refractivity contribution in [1.82, 2.24) is 4.90 Å². The fourth-order valence-electron chi connectivity index (χ4n) is 11.9. The normalized spacial score (nSPS) is 13.6. The highest BCUT2D eigenvalue weighted by Gasteiger charge is 2.61. The fraction of sp³-hybridized carbons (Fsp3) is 0.983.